The summed E-state index contributed by atoms with van der Waals surface area (Å²) in [5.74, 6) is -0.451. The van der Waals surface area contributed by atoms with Gasteiger partial charge in [0.25, 0.3) is 5.91 Å². The van der Waals surface area contributed by atoms with Crippen LogP contribution in [0.2, 0.25) is 0 Å². The molecule has 0 radical (unpaired) electrons. The summed E-state index contributed by atoms with van der Waals surface area (Å²) in [5, 5.41) is 0. The van der Waals surface area contributed by atoms with E-state index in [4.69, 9.17) is 9.47 Å². The summed E-state index contributed by atoms with van der Waals surface area (Å²) in [7, 11) is 1.58. The number of nitrogens with zero attached hydrogens (tertiary/aromatic N) is 2. The SMILES string of the molecule is COCCOCc1cc(C(=O)N2CCn3cccc3[C@H]2C)ccc1F. The molecule has 0 N–H and O–H groups in total. The van der Waals surface area contributed by atoms with Gasteiger partial charge in [0, 0.05) is 43.2 Å². The minimum Gasteiger partial charge on any atom is -0.382 e. The Morgan fingerprint density at radius 3 is 2.92 bits per heavy atom. The summed E-state index contributed by atoms with van der Waals surface area (Å²) in [6.07, 6.45) is 2.03. The highest BCUT2D eigenvalue weighted by atomic mass is 19.1. The van der Waals surface area contributed by atoms with Crippen molar-refractivity contribution in [1.29, 1.82) is 0 Å². The number of hydrogen-bond acceptors (Lipinski definition) is 3. The van der Waals surface area contributed by atoms with Crippen LogP contribution < -0.4 is 0 Å². The first-order chi connectivity index (χ1) is 12.1. The number of ether oxygens (including phenoxy) is 2. The van der Waals surface area contributed by atoms with Crippen LogP contribution in [0.25, 0.3) is 0 Å². The molecule has 0 spiro atoms. The standard InChI is InChI=1S/C19H23FN2O3/c1-14-18-4-3-7-21(18)8-9-22(14)19(23)15-5-6-17(20)16(12-15)13-25-11-10-24-2/h3-7,12,14H,8-11,13H2,1-2H3/t14-/m1/s1. The number of fused-ring (bicyclic) bond motifs is 1. The Kier molecular flexibility index (Phi) is 5.50. The average molecular weight is 346 g/mol. The molecule has 2 aromatic rings. The van der Waals surface area contributed by atoms with Crippen molar-refractivity contribution in [2.75, 3.05) is 26.9 Å². The molecule has 0 saturated heterocycles. The maximum absolute atomic E-state index is 14.0. The van der Waals surface area contributed by atoms with Crippen LogP contribution in [-0.2, 0) is 22.6 Å². The minimum atomic E-state index is -0.366. The van der Waals surface area contributed by atoms with Gasteiger partial charge in [-0.2, -0.15) is 0 Å². The number of methoxy groups -OCH3 is 1. The number of carbonyl (C=O) groups is 1. The van der Waals surface area contributed by atoms with E-state index in [1.165, 1.54) is 12.1 Å². The van der Waals surface area contributed by atoms with Gasteiger partial charge in [-0.25, -0.2) is 4.39 Å². The molecule has 5 nitrogen and oxygen atoms in total. The molecule has 1 aromatic carbocycles. The molecule has 1 atom stereocenters. The molecule has 25 heavy (non-hydrogen) atoms. The zero-order chi connectivity index (χ0) is 17.8. The topological polar surface area (TPSA) is 43.7 Å². The Hall–Kier alpha value is -2.18. The quantitative estimate of drug-likeness (QED) is 0.755. The highest BCUT2D eigenvalue weighted by Crippen LogP contribution is 2.27. The second kappa shape index (κ2) is 7.80. The van der Waals surface area contributed by atoms with Crippen molar-refractivity contribution in [2.45, 2.75) is 26.1 Å². The van der Waals surface area contributed by atoms with E-state index in [0.717, 1.165) is 12.2 Å². The zero-order valence-electron chi connectivity index (χ0n) is 14.6. The van der Waals surface area contributed by atoms with Crippen LogP contribution in [0.3, 0.4) is 0 Å². The van der Waals surface area contributed by atoms with Crippen LogP contribution in [0.4, 0.5) is 4.39 Å². The van der Waals surface area contributed by atoms with Crippen LogP contribution in [0, 0.1) is 5.82 Å². The van der Waals surface area contributed by atoms with Crippen molar-refractivity contribution in [3.05, 3.63) is 59.2 Å². The van der Waals surface area contributed by atoms with E-state index in [0.29, 0.717) is 30.9 Å². The third-order valence-corrected chi connectivity index (χ3v) is 4.58. The summed E-state index contributed by atoms with van der Waals surface area (Å²) in [5.41, 5.74) is 1.98. The van der Waals surface area contributed by atoms with Gasteiger partial charge < -0.3 is 18.9 Å². The number of carbonyl (C=O) groups excluding carboxylic acids is 1. The van der Waals surface area contributed by atoms with Crippen LogP contribution in [0.5, 0.6) is 0 Å². The number of amides is 1. The molecule has 1 amide bonds. The number of aromatic nitrogens is 1. The van der Waals surface area contributed by atoms with E-state index < -0.39 is 0 Å². The van der Waals surface area contributed by atoms with Crippen LogP contribution in [-0.4, -0.2) is 42.2 Å². The molecule has 134 valence electrons. The molecule has 0 unspecified atom stereocenters. The van der Waals surface area contributed by atoms with E-state index in [9.17, 15) is 9.18 Å². The van der Waals surface area contributed by atoms with Crippen molar-refractivity contribution in [1.82, 2.24) is 9.47 Å². The van der Waals surface area contributed by atoms with Gasteiger partial charge in [-0.1, -0.05) is 0 Å². The molecule has 2 heterocycles. The smallest absolute Gasteiger partial charge is 0.254 e. The maximum atomic E-state index is 14.0. The predicted molar refractivity (Wildman–Crippen MR) is 91.8 cm³/mol. The van der Waals surface area contributed by atoms with Gasteiger partial charge in [0.2, 0.25) is 0 Å². The Morgan fingerprint density at radius 1 is 1.28 bits per heavy atom. The lowest BCUT2D eigenvalue weighted by Gasteiger charge is -2.35. The van der Waals surface area contributed by atoms with Gasteiger partial charge in [-0.15, -0.1) is 0 Å². The maximum Gasteiger partial charge on any atom is 0.254 e. The summed E-state index contributed by atoms with van der Waals surface area (Å²) >= 11 is 0. The first-order valence-electron chi connectivity index (χ1n) is 8.43. The van der Waals surface area contributed by atoms with Crippen LogP contribution >= 0.6 is 0 Å². The number of halogens is 1. The molecule has 1 aliphatic rings. The molecule has 6 heteroatoms. The minimum absolute atomic E-state index is 0.0114. The highest BCUT2D eigenvalue weighted by molar-refractivity contribution is 5.94. The first-order valence-corrected chi connectivity index (χ1v) is 8.43. The first kappa shape index (κ1) is 17.6. The van der Waals surface area contributed by atoms with Gasteiger partial charge >= 0.3 is 0 Å². The Labute approximate surface area is 147 Å². The lowest BCUT2D eigenvalue weighted by molar-refractivity contribution is 0.0599. The number of hydrogen-bond donors (Lipinski definition) is 0. The van der Waals surface area contributed by atoms with Gasteiger partial charge in [0.1, 0.15) is 5.82 Å². The van der Waals surface area contributed by atoms with Crippen molar-refractivity contribution in [3.8, 4) is 0 Å². The van der Waals surface area contributed by atoms with Crippen molar-refractivity contribution >= 4 is 5.91 Å². The summed E-state index contributed by atoms with van der Waals surface area (Å²) in [6, 6.07) is 8.47. The fraction of sp³-hybridized carbons (Fsp3) is 0.421. The lowest BCUT2D eigenvalue weighted by atomic mass is 10.1. The summed E-state index contributed by atoms with van der Waals surface area (Å²) in [6.45, 7) is 4.38. The largest absolute Gasteiger partial charge is 0.382 e. The summed E-state index contributed by atoms with van der Waals surface area (Å²) < 4.78 is 26.4. The molecule has 1 aromatic heterocycles. The second-order valence-electron chi connectivity index (χ2n) is 6.15. The second-order valence-corrected chi connectivity index (χ2v) is 6.15. The van der Waals surface area contributed by atoms with Gasteiger partial charge in [-0.3, -0.25) is 4.79 Å². The molecule has 0 saturated carbocycles. The van der Waals surface area contributed by atoms with E-state index in [1.807, 2.05) is 30.2 Å². The fourth-order valence-corrected chi connectivity index (χ4v) is 3.16. The number of rotatable bonds is 6. The van der Waals surface area contributed by atoms with Gasteiger partial charge in [0.05, 0.1) is 25.9 Å². The van der Waals surface area contributed by atoms with E-state index in [-0.39, 0.29) is 24.4 Å². The molecule has 1 aliphatic heterocycles. The van der Waals surface area contributed by atoms with Gasteiger partial charge in [0.15, 0.2) is 0 Å². The third kappa shape index (κ3) is 3.75. The molecule has 3 rings (SSSR count). The molecular weight excluding hydrogens is 323 g/mol. The van der Waals surface area contributed by atoms with Gasteiger partial charge in [-0.05, 0) is 37.3 Å². The van der Waals surface area contributed by atoms with E-state index in [1.54, 1.807) is 13.2 Å². The zero-order valence-corrected chi connectivity index (χ0v) is 14.6. The third-order valence-electron chi connectivity index (χ3n) is 4.58. The van der Waals surface area contributed by atoms with Crippen molar-refractivity contribution in [3.63, 3.8) is 0 Å². The molecular formula is C19H23FN2O3. The monoisotopic (exact) mass is 346 g/mol. The Bertz CT molecular complexity index is 744. The highest BCUT2D eigenvalue weighted by Gasteiger charge is 2.28. The lowest BCUT2D eigenvalue weighted by Crippen LogP contribution is -2.40. The fourth-order valence-electron chi connectivity index (χ4n) is 3.16. The summed E-state index contributed by atoms with van der Waals surface area (Å²) in [4.78, 5) is 14.7. The van der Waals surface area contributed by atoms with Crippen molar-refractivity contribution in [2.24, 2.45) is 0 Å². The average Bonchev–Trinajstić information content (AvgIpc) is 3.09. The molecule has 0 fully saturated rings. The van der Waals surface area contributed by atoms with Crippen LogP contribution in [0.1, 0.15) is 34.6 Å². The Balaban J connectivity index is 1.74. The predicted octanol–water partition coefficient (Wildman–Crippen LogP) is 3.01. The van der Waals surface area contributed by atoms with E-state index in [2.05, 4.69) is 4.57 Å². The van der Waals surface area contributed by atoms with E-state index >= 15 is 0 Å². The van der Waals surface area contributed by atoms with Crippen molar-refractivity contribution < 1.29 is 18.7 Å². The molecule has 0 bridgehead atoms. The number of benzene rings is 1. The molecule has 0 aliphatic carbocycles. The van der Waals surface area contributed by atoms with Crippen LogP contribution in [0.15, 0.2) is 36.5 Å². The Morgan fingerprint density at radius 2 is 2.12 bits per heavy atom. The normalized spacial score (nSPS) is 16.8.